The maximum Gasteiger partial charge on any atom is 0.246 e. The highest BCUT2D eigenvalue weighted by Gasteiger charge is 2.37. The molecule has 6 N–H and O–H groups in total. The number of nitrogens with zero attached hydrogens (tertiary/aromatic N) is 6. The minimum absolute atomic E-state index is 0.00984. The number of H-pyrrole nitrogens is 3. The van der Waals surface area contributed by atoms with Crippen molar-refractivity contribution >= 4 is 23.7 Å². The van der Waals surface area contributed by atoms with E-state index in [0.717, 1.165) is 71.1 Å². The third-order valence-electron chi connectivity index (χ3n) is 9.29. The van der Waals surface area contributed by atoms with Crippen molar-refractivity contribution in [2.45, 2.75) is 78.9 Å². The molecule has 6 rings (SSSR count). The number of benzene rings is 2. The van der Waals surface area contributed by atoms with Gasteiger partial charge in [0.2, 0.25) is 23.7 Å². The fourth-order valence-corrected chi connectivity index (χ4v) is 6.63. The van der Waals surface area contributed by atoms with Crippen molar-refractivity contribution in [2.75, 3.05) is 24.1 Å². The molecule has 2 unspecified atom stereocenters. The van der Waals surface area contributed by atoms with Crippen LogP contribution in [0.3, 0.4) is 0 Å². The molecule has 0 aliphatic carbocycles. The molecule has 0 saturated carbocycles. The molecule has 1 saturated heterocycles. The Morgan fingerprint density at radius 3 is 2.16 bits per heavy atom. The van der Waals surface area contributed by atoms with E-state index in [2.05, 4.69) is 105 Å². The second kappa shape index (κ2) is 15.6. The lowest BCUT2D eigenvalue weighted by Crippen LogP contribution is -2.45. The summed E-state index contributed by atoms with van der Waals surface area (Å²) in [5.74, 6) is 2.56. The summed E-state index contributed by atoms with van der Waals surface area (Å²) in [5, 5.41) is 9.82. The number of hydrogen-bond donors (Lipinski definition) is 5. The molecular weight excluding hydrogens is 642 g/mol. The van der Waals surface area contributed by atoms with Crippen LogP contribution in [0, 0.1) is 11.8 Å². The van der Waals surface area contributed by atoms with Crippen molar-refractivity contribution in [3.8, 4) is 33.6 Å². The minimum Gasteiger partial charge on any atom is -0.368 e. The zero-order chi connectivity index (χ0) is 36.1. The number of amides is 2. The summed E-state index contributed by atoms with van der Waals surface area (Å²) in [6.45, 7) is 12.1. The summed E-state index contributed by atoms with van der Waals surface area (Å²) in [7, 11) is 0. The van der Waals surface area contributed by atoms with Gasteiger partial charge in [0.1, 0.15) is 17.7 Å². The molecule has 5 aromatic rings. The van der Waals surface area contributed by atoms with Crippen molar-refractivity contribution in [2.24, 2.45) is 11.8 Å². The first-order chi connectivity index (χ1) is 24.6. The number of anilines is 2. The number of nitrogens with two attached hydrogens (primary N) is 1. The number of aromatic amines is 3. The van der Waals surface area contributed by atoms with Crippen LogP contribution in [-0.4, -0.2) is 75.9 Å². The van der Waals surface area contributed by atoms with Crippen LogP contribution in [0.5, 0.6) is 0 Å². The number of carbonyl (C=O) groups is 2. The van der Waals surface area contributed by atoms with Gasteiger partial charge in [0.25, 0.3) is 0 Å². The van der Waals surface area contributed by atoms with Crippen LogP contribution in [0.15, 0.2) is 60.9 Å². The maximum absolute atomic E-state index is 13.8. The van der Waals surface area contributed by atoms with E-state index in [1.165, 1.54) is 0 Å². The lowest BCUT2D eigenvalue weighted by atomic mass is 10.0. The van der Waals surface area contributed by atoms with E-state index in [4.69, 9.17) is 10.7 Å². The summed E-state index contributed by atoms with van der Waals surface area (Å²) in [6.07, 6.45) is 6.86. The number of imidazole rings is 2. The van der Waals surface area contributed by atoms with Gasteiger partial charge in [0, 0.05) is 19.5 Å². The summed E-state index contributed by atoms with van der Waals surface area (Å²) in [4.78, 5) is 50.6. The molecule has 13 heteroatoms. The summed E-state index contributed by atoms with van der Waals surface area (Å²) < 4.78 is 0. The van der Waals surface area contributed by atoms with E-state index in [9.17, 15) is 9.59 Å². The normalized spacial score (nSPS) is 15.1. The number of hydrogen-bond acceptors (Lipinski definition) is 8. The Morgan fingerprint density at radius 2 is 1.57 bits per heavy atom. The van der Waals surface area contributed by atoms with Gasteiger partial charge in [0.15, 0.2) is 0 Å². The standard InChI is InChI=1S/C38H49N11O2/c1-6-17-48(33(50)19-23(2)3)22-32-40-20-29(42-32)27-13-9-25(10-14-27)26-11-15-28(16-12-26)30-21-41-35(43-30)31-8-7-18-49(31)36(51)34(24(4)5)44-38-45-37(39)46-47-38/h9-16,20-21,23-24,31,34H,6-8,17-19,22H2,1-5H3,(H,40,42)(H,41,43)(H4,39,44,45,46,47). The Hall–Kier alpha value is -5.46. The van der Waals surface area contributed by atoms with Crippen molar-refractivity contribution in [1.82, 2.24) is 44.9 Å². The van der Waals surface area contributed by atoms with Gasteiger partial charge >= 0.3 is 0 Å². The number of aromatic nitrogens is 7. The molecule has 1 aliphatic heterocycles. The average Bonchev–Trinajstić information content (AvgIpc) is 3.94. The van der Waals surface area contributed by atoms with Crippen LogP contribution in [0.1, 0.15) is 78.0 Å². The van der Waals surface area contributed by atoms with Gasteiger partial charge < -0.3 is 30.8 Å². The lowest BCUT2D eigenvalue weighted by molar-refractivity contribution is -0.134. The molecule has 3 aromatic heterocycles. The third kappa shape index (κ3) is 8.30. The predicted octanol–water partition coefficient (Wildman–Crippen LogP) is 6.42. The summed E-state index contributed by atoms with van der Waals surface area (Å²) in [5.41, 5.74) is 11.8. The molecule has 4 heterocycles. The predicted molar refractivity (Wildman–Crippen MR) is 199 cm³/mol. The molecule has 1 fully saturated rings. The van der Waals surface area contributed by atoms with E-state index in [1.807, 2.05) is 36.0 Å². The third-order valence-corrected chi connectivity index (χ3v) is 9.29. The molecule has 2 amide bonds. The van der Waals surface area contributed by atoms with Gasteiger partial charge in [-0.3, -0.25) is 9.59 Å². The van der Waals surface area contributed by atoms with E-state index in [1.54, 1.807) is 0 Å². The Balaban J connectivity index is 1.10. The van der Waals surface area contributed by atoms with Crippen molar-refractivity contribution in [3.63, 3.8) is 0 Å². The summed E-state index contributed by atoms with van der Waals surface area (Å²) in [6, 6.07) is 16.1. The first-order valence-corrected chi connectivity index (χ1v) is 17.9. The fraction of sp³-hybridized carbons (Fsp3) is 0.421. The van der Waals surface area contributed by atoms with Crippen LogP contribution in [0.4, 0.5) is 11.9 Å². The van der Waals surface area contributed by atoms with Gasteiger partial charge in [-0.2, -0.15) is 4.98 Å². The largest absolute Gasteiger partial charge is 0.368 e. The molecule has 0 bridgehead atoms. The molecule has 13 nitrogen and oxygen atoms in total. The Labute approximate surface area is 298 Å². The molecule has 1 aliphatic rings. The lowest BCUT2D eigenvalue weighted by Gasteiger charge is -2.30. The number of carbonyl (C=O) groups excluding carboxylic acids is 2. The highest BCUT2D eigenvalue weighted by molar-refractivity contribution is 5.85. The van der Waals surface area contributed by atoms with Crippen molar-refractivity contribution < 1.29 is 9.59 Å². The van der Waals surface area contributed by atoms with Crippen LogP contribution in [-0.2, 0) is 16.1 Å². The second-order valence-electron chi connectivity index (χ2n) is 14.1. The quantitative estimate of drug-likeness (QED) is 0.0886. The Bertz CT molecular complexity index is 1910. The molecule has 0 spiro atoms. The monoisotopic (exact) mass is 691 g/mol. The van der Waals surface area contributed by atoms with Crippen LogP contribution in [0.2, 0.25) is 0 Å². The molecule has 268 valence electrons. The number of nitrogen functional groups attached to an aromatic ring is 1. The van der Waals surface area contributed by atoms with E-state index in [-0.39, 0.29) is 29.7 Å². The minimum atomic E-state index is -0.498. The van der Waals surface area contributed by atoms with Gasteiger partial charge in [-0.25, -0.2) is 15.1 Å². The SMILES string of the molecule is CCCN(Cc1ncc(-c2ccc(-c3ccc(-c4cnc(C5CCCN5C(=O)C(Nc5n[nH]c(N)n5)C(C)C)[nH]4)cc3)cc2)[nH]1)C(=O)CC(C)C. The topological polar surface area (TPSA) is 178 Å². The number of rotatable bonds is 14. The Morgan fingerprint density at radius 1 is 0.941 bits per heavy atom. The van der Waals surface area contributed by atoms with Crippen molar-refractivity contribution in [3.05, 3.63) is 72.6 Å². The molecular formula is C38H49N11O2. The number of likely N-dealkylation sites (tertiary alicyclic amines) is 1. The van der Waals surface area contributed by atoms with E-state index < -0.39 is 6.04 Å². The smallest absolute Gasteiger partial charge is 0.246 e. The highest BCUT2D eigenvalue weighted by atomic mass is 16.2. The van der Waals surface area contributed by atoms with Gasteiger partial charge in [-0.05, 0) is 53.4 Å². The first-order valence-electron chi connectivity index (χ1n) is 17.9. The van der Waals surface area contributed by atoms with Crippen LogP contribution in [0.25, 0.3) is 33.6 Å². The van der Waals surface area contributed by atoms with Gasteiger partial charge in [-0.1, -0.05) is 83.1 Å². The molecule has 2 atom stereocenters. The van der Waals surface area contributed by atoms with E-state index in [0.29, 0.717) is 31.4 Å². The maximum atomic E-state index is 13.8. The Kier molecular flexibility index (Phi) is 10.8. The van der Waals surface area contributed by atoms with Gasteiger partial charge in [0.05, 0.1) is 36.4 Å². The highest BCUT2D eigenvalue weighted by Crippen LogP contribution is 2.34. The molecule has 51 heavy (non-hydrogen) atoms. The summed E-state index contributed by atoms with van der Waals surface area (Å²) >= 11 is 0. The van der Waals surface area contributed by atoms with Crippen molar-refractivity contribution in [1.29, 1.82) is 0 Å². The van der Waals surface area contributed by atoms with E-state index >= 15 is 0 Å². The average molecular weight is 692 g/mol. The molecule has 2 aromatic carbocycles. The first kappa shape index (κ1) is 35.4. The fourth-order valence-electron chi connectivity index (χ4n) is 6.63. The zero-order valence-electron chi connectivity index (χ0n) is 30.1. The zero-order valence-corrected chi connectivity index (χ0v) is 30.1. The van der Waals surface area contributed by atoms with Crippen LogP contribution >= 0.6 is 0 Å². The van der Waals surface area contributed by atoms with Crippen LogP contribution < -0.4 is 11.1 Å². The van der Waals surface area contributed by atoms with Gasteiger partial charge in [-0.15, -0.1) is 5.10 Å². The number of nitrogens with one attached hydrogen (secondary N) is 4. The molecule has 0 radical (unpaired) electrons. The second-order valence-corrected chi connectivity index (χ2v) is 14.1.